The Morgan fingerprint density at radius 1 is 1.42 bits per heavy atom. The monoisotopic (exact) mass is 281 g/mol. The van der Waals surface area contributed by atoms with Crippen LogP contribution in [0.2, 0.25) is 0 Å². The summed E-state index contributed by atoms with van der Waals surface area (Å²) < 4.78 is 1.07. The lowest BCUT2D eigenvalue weighted by atomic mass is 10.2. The third-order valence-corrected chi connectivity index (χ3v) is 2.12. The first-order valence-electron chi connectivity index (χ1n) is 4.47. The van der Waals surface area contributed by atoms with Crippen LogP contribution in [-0.4, -0.2) is 32.2 Å². The summed E-state index contributed by atoms with van der Waals surface area (Å²) >= 11 is 0. The first-order valence-corrected chi connectivity index (χ1v) is 4.47. The van der Waals surface area contributed by atoms with Gasteiger partial charge >= 0.3 is 0 Å². The van der Waals surface area contributed by atoms with E-state index in [-0.39, 0.29) is 24.0 Å². The second-order valence-electron chi connectivity index (χ2n) is 4.79. The van der Waals surface area contributed by atoms with Gasteiger partial charge in [0.05, 0.1) is 27.7 Å². The van der Waals surface area contributed by atoms with E-state index in [1.165, 1.54) is 19.4 Å². The molecule has 1 nitrogen and oxygen atoms in total. The van der Waals surface area contributed by atoms with Gasteiger partial charge in [-0.1, -0.05) is 13.0 Å². The molecule has 1 aliphatic rings. The van der Waals surface area contributed by atoms with Crippen molar-refractivity contribution in [2.75, 3.05) is 27.7 Å². The fourth-order valence-corrected chi connectivity index (χ4v) is 1.72. The van der Waals surface area contributed by atoms with Crippen molar-refractivity contribution < 1.29 is 28.5 Å². The average Bonchev–Trinajstić information content (AvgIpc) is 2.10. The summed E-state index contributed by atoms with van der Waals surface area (Å²) in [6, 6.07) is 0. The van der Waals surface area contributed by atoms with Crippen LogP contribution in [0.5, 0.6) is 0 Å². The van der Waals surface area contributed by atoms with E-state index in [1.807, 2.05) is 0 Å². The van der Waals surface area contributed by atoms with E-state index in [4.69, 9.17) is 0 Å². The lowest BCUT2D eigenvalue weighted by Gasteiger charge is -2.24. The van der Waals surface area contributed by atoms with Crippen molar-refractivity contribution in [2.45, 2.75) is 19.8 Å². The van der Waals surface area contributed by atoms with Crippen molar-refractivity contribution in [1.82, 2.24) is 0 Å². The van der Waals surface area contributed by atoms with Crippen LogP contribution < -0.4 is 24.0 Å². The Morgan fingerprint density at radius 2 is 2.00 bits per heavy atom. The van der Waals surface area contributed by atoms with E-state index in [9.17, 15) is 0 Å². The van der Waals surface area contributed by atoms with Crippen molar-refractivity contribution in [3.05, 3.63) is 11.6 Å². The largest absolute Gasteiger partial charge is 1.00 e. The van der Waals surface area contributed by atoms with Gasteiger partial charge in [-0.3, -0.25) is 0 Å². The Kier molecular flexibility index (Phi) is 4.77. The normalized spacial score (nSPS) is 23.3. The quantitative estimate of drug-likeness (QED) is 0.348. The smallest absolute Gasteiger partial charge is 0.0997 e. The predicted molar refractivity (Wildman–Crippen MR) is 49.4 cm³/mol. The first-order chi connectivity index (χ1) is 4.97. The Morgan fingerprint density at radius 3 is 2.33 bits per heavy atom. The molecule has 0 bridgehead atoms. The maximum Gasteiger partial charge on any atom is 0.0997 e. The standard InChI is InChI=1S/C10H20N.HI/c1-9-5-6-10(7-9)8-11(2,3)4;/h7,9H,5-6,8H2,1-4H3;1H/q+1;/p-1. The molecule has 0 N–H and O–H groups in total. The fourth-order valence-electron chi connectivity index (χ4n) is 1.72. The Hall–Kier alpha value is 0.430. The Balaban J connectivity index is 0.00000121. The number of nitrogens with zero attached hydrogens (tertiary/aromatic N) is 1. The molecule has 12 heavy (non-hydrogen) atoms. The van der Waals surface area contributed by atoms with Crippen molar-refractivity contribution >= 4 is 0 Å². The van der Waals surface area contributed by atoms with E-state index in [0.29, 0.717) is 0 Å². The van der Waals surface area contributed by atoms with Gasteiger partial charge in [-0.2, -0.15) is 0 Å². The van der Waals surface area contributed by atoms with Gasteiger partial charge in [-0.15, -0.1) is 0 Å². The third-order valence-electron chi connectivity index (χ3n) is 2.12. The molecule has 1 aliphatic carbocycles. The topological polar surface area (TPSA) is 0 Å². The molecule has 0 aromatic heterocycles. The molecule has 2 heteroatoms. The van der Waals surface area contributed by atoms with Crippen LogP contribution in [0.3, 0.4) is 0 Å². The number of rotatable bonds is 2. The molecule has 1 rings (SSSR count). The summed E-state index contributed by atoms with van der Waals surface area (Å²) in [6.07, 6.45) is 5.15. The molecule has 0 aromatic carbocycles. The van der Waals surface area contributed by atoms with Crippen molar-refractivity contribution in [3.8, 4) is 0 Å². The van der Waals surface area contributed by atoms with Crippen LogP contribution in [0.1, 0.15) is 19.8 Å². The highest BCUT2D eigenvalue weighted by Gasteiger charge is 2.16. The molecule has 72 valence electrons. The van der Waals surface area contributed by atoms with Crippen molar-refractivity contribution in [2.24, 2.45) is 5.92 Å². The zero-order chi connectivity index (χ0) is 8.48. The maximum absolute atomic E-state index is 2.45. The molecule has 1 atom stereocenters. The van der Waals surface area contributed by atoms with Gasteiger partial charge in [-0.25, -0.2) is 0 Å². The molecule has 0 aromatic rings. The highest BCUT2D eigenvalue weighted by Crippen LogP contribution is 2.24. The second kappa shape index (κ2) is 4.61. The summed E-state index contributed by atoms with van der Waals surface area (Å²) in [4.78, 5) is 0. The zero-order valence-corrected chi connectivity index (χ0v) is 10.8. The van der Waals surface area contributed by atoms with Crippen LogP contribution in [0.4, 0.5) is 0 Å². The van der Waals surface area contributed by atoms with Crippen LogP contribution in [-0.2, 0) is 0 Å². The molecule has 0 saturated heterocycles. The molecule has 0 amide bonds. The lowest BCUT2D eigenvalue weighted by Crippen LogP contribution is -3.00. The van der Waals surface area contributed by atoms with Gasteiger partial charge in [0, 0.05) is 0 Å². The average molecular weight is 281 g/mol. The van der Waals surface area contributed by atoms with E-state index >= 15 is 0 Å². The van der Waals surface area contributed by atoms with Crippen LogP contribution in [0.15, 0.2) is 11.6 Å². The number of hydrogen-bond donors (Lipinski definition) is 0. The van der Waals surface area contributed by atoms with Gasteiger partial charge in [0.1, 0.15) is 0 Å². The minimum absolute atomic E-state index is 0. The summed E-state index contributed by atoms with van der Waals surface area (Å²) in [7, 11) is 6.76. The number of likely N-dealkylation sites (N-methyl/N-ethyl adjacent to an activating group) is 1. The Labute approximate surface area is 93.4 Å². The van der Waals surface area contributed by atoms with Gasteiger partial charge < -0.3 is 28.5 Å². The van der Waals surface area contributed by atoms with E-state index < -0.39 is 0 Å². The van der Waals surface area contributed by atoms with E-state index in [2.05, 4.69) is 34.1 Å². The minimum atomic E-state index is 0. The summed E-state index contributed by atoms with van der Waals surface area (Å²) in [5, 5.41) is 0. The van der Waals surface area contributed by atoms with E-state index in [1.54, 1.807) is 5.57 Å². The molecule has 0 spiro atoms. The number of hydrogen-bond acceptors (Lipinski definition) is 0. The zero-order valence-electron chi connectivity index (χ0n) is 8.60. The molecular weight excluding hydrogens is 261 g/mol. The maximum atomic E-state index is 2.45. The Bertz CT molecular complexity index is 167. The summed E-state index contributed by atoms with van der Waals surface area (Å²) in [5.41, 5.74) is 1.66. The molecule has 0 radical (unpaired) electrons. The summed E-state index contributed by atoms with van der Waals surface area (Å²) in [5.74, 6) is 0.830. The molecule has 0 aliphatic heterocycles. The third kappa shape index (κ3) is 4.45. The van der Waals surface area contributed by atoms with Gasteiger partial charge in [-0.05, 0) is 24.3 Å². The van der Waals surface area contributed by atoms with Crippen molar-refractivity contribution in [3.63, 3.8) is 0 Å². The molecule has 0 fully saturated rings. The van der Waals surface area contributed by atoms with Crippen LogP contribution in [0, 0.1) is 5.92 Å². The highest BCUT2D eigenvalue weighted by atomic mass is 127. The molecular formula is C10H20IN. The second-order valence-corrected chi connectivity index (χ2v) is 4.79. The van der Waals surface area contributed by atoms with Crippen molar-refractivity contribution in [1.29, 1.82) is 0 Å². The van der Waals surface area contributed by atoms with E-state index in [0.717, 1.165) is 10.4 Å². The lowest BCUT2D eigenvalue weighted by molar-refractivity contribution is -0.865. The van der Waals surface area contributed by atoms with Gasteiger partial charge in [0.2, 0.25) is 0 Å². The number of quaternary nitrogens is 1. The van der Waals surface area contributed by atoms with Crippen LogP contribution >= 0.6 is 0 Å². The SMILES string of the molecule is CC1C=C(C[N+](C)(C)C)CC1.[I-]. The number of halogens is 1. The minimum Gasteiger partial charge on any atom is -1.00 e. The molecule has 0 heterocycles. The number of allylic oxidation sites excluding steroid dienone is 1. The molecule has 1 unspecified atom stereocenters. The van der Waals surface area contributed by atoms with Gasteiger partial charge in [0.15, 0.2) is 0 Å². The molecule has 0 saturated carbocycles. The summed E-state index contributed by atoms with van der Waals surface area (Å²) in [6.45, 7) is 3.53. The fraction of sp³-hybridized carbons (Fsp3) is 0.800. The predicted octanol–water partition coefficient (Wildman–Crippen LogP) is -0.947. The highest BCUT2D eigenvalue weighted by molar-refractivity contribution is 5.10. The first kappa shape index (κ1) is 12.4. The van der Waals surface area contributed by atoms with Crippen LogP contribution in [0.25, 0.3) is 0 Å². The van der Waals surface area contributed by atoms with Gasteiger partial charge in [0.25, 0.3) is 0 Å².